The lowest BCUT2D eigenvalue weighted by molar-refractivity contribution is -0.141. The molecule has 13 heteroatoms. The van der Waals surface area contributed by atoms with Gasteiger partial charge in [0.15, 0.2) is 0 Å². The molecule has 4 unspecified atom stereocenters. The molecule has 11 nitrogen and oxygen atoms in total. The van der Waals surface area contributed by atoms with E-state index in [-0.39, 0.29) is 23.7 Å². The molecule has 0 aliphatic rings. The minimum atomic E-state index is -1.28. The van der Waals surface area contributed by atoms with E-state index in [4.69, 9.17) is 11.5 Å². The number of benzene rings is 1. The highest BCUT2D eigenvalue weighted by Crippen LogP contribution is 2.12. The zero-order valence-electron chi connectivity index (χ0n) is 18.6. The number of carbonyl (C=O) groups excluding carboxylic acids is 3. The fourth-order valence-corrected chi connectivity index (χ4v) is 3.42. The first-order valence-corrected chi connectivity index (χ1v) is 12.0. The predicted octanol–water partition coefficient (Wildman–Crippen LogP) is -1.21. The molecule has 0 heterocycles. The highest BCUT2D eigenvalue weighted by atomic mass is 32.1. The summed E-state index contributed by atoms with van der Waals surface area (Å²) in [7, 11) is 0. The summed E-state index contributed by atoms with van der Waals surface area (Å²) in [5.74, 6) is -3.43. The van der Waals surface area contributed by atoms with Gasteiger partial charge in [0.25, 0.3) is 0 Å². The molecule has 9 N–H and O–H groups in total. The number of amides is 3. The summed E-state index contributed by atoms with van der Waals surface area (Å²) >= 11 is 8.04. The third kappa shape index (κ3) is 10.2. The van der Waals surface area contributed by atoms with Crippen molar-refractivity contribution in [2.45, 2.75) is 49.9 Å². The lowest BCUT2D eigenvalue weighted by Crippen LogP contribution is -2.58. The number of carboxylic acids is 1. The zero-order chi connectivity index (χ0) is 25.7. The van der Waals surface area contributed by atoms with Crippen LogP contribution < -0.4 is 27.4 Å². The lowest BCUT2D eigenvalue weighted by Gasteiger charge is -2.24. The smallest absolute Gasteiger partial charge is 0.327 e. The van der Waals surface area contributed by atoms with E-state index in [1.807, 2.05) is 0 Å². The molecule has 1 aromatic rings. The number of hydrogen-bond acceptors (Lipinski definition) is 9. The number of rotatable bonds is 15. The van der Waals surface area contributed by atoms with Crippen LogP contribution in [0.15, 0.2) is 24.3 Å². The van der Waals surface area contributed by atoms with Crippen LogP contribution in [0.3, 0.4) is 0 Å². The van der Waals surface area contributed by atoms with E-state index in [0.29, 0.717) is 24.9 Å². The van der Waals surface area contributed by atoms with Gasteiger partial charge in [0.05, 0.1) is 6.04 Å². The molecule has 0 fully saturated rings. The molecule has 1 aromatic carbocycles. The normalized spacial score (nSPS) is 14.4. The number of unbranched alkanes of at least 4 members (excludes halogenated alkanes) is 1. The maximum Gasteiger partial charge on any atom is 0.327 e. The van der Waals surface area contributed by atoms with Gasteiger partial charge in [-0.1, -0.05) is 18.6 Å². The zero-order valence-corrected chi connectivity index (χ0v) is 20.4. The average Bonchev–Trinajstić information content (AvgIpc) is 2.81. The highest BCUT2D eigenvalue weighted by Gasteiger charge is 2.29. The average molecular weight is 516 g/mol. The van der Waals surface area contributed by atoms with Crippen molar-refractivity contribution in [3.63, 3.8) is 0 Å². The fourth-order valence-electron chi connectivity index (χ4n) is 2.92. The first kappa shape index (κ1) is 29.6. The van der Waals surface area contributed by atoms with Gasteiger partial charge in [-0.25, -0.2) is 4.79 Å². The van der Waals surface area contributed by atoms with Crippen molar-refractivity contribution in [1.82, 2.24) is 16.0 Å². The van der Waals surface area contributed by atoms with E-state index in [1.165, 1.54) is 12.1 Å². The van der Waals surface area contributed by atoms with Gasteiger partial charge < -0.3 is 37.6 Å². The van der Waals surface area contributed by atoms with Crippen LogP contribution >= 0.6 is 25.3 Å². The van der Waals surface area contributed by atoms with Crippen LogP contribution in [0.4, 0.5) is 0 Å². The van der Waals surface area contributed by atoms with E-state index in [1.54, 1.807) is 12.1 Å². The Morgan fingerprint density at radius 2 is 1.38 bits per heavy atom. The summed E-state index contributed by atoms with van der Waals surface area (Å²) in [5.41, 5.74) is 11.9. The molecule has 0 bridgehead atoms. The number of nitrogens with two attached hydrogens (primary N) is 2. The number of hydrogen-bond donors (Lipinski definition) is 9. The van der Waals surface area contributed by atoms with Crippen molar-refractivity contribution >= 4 is 48.9 Å². The molecule has 0 saturated heterocycles. The third-order valence-electron chi connectivity index (χ3n) is 4.93. The van der Waals surface area contributed by atoms with Crippen LogP contribution in [0.2, 0.25) is 0 Å². The largest absolute Gasteiger partial charge is 0.508 e. The summed E-state index contributed by atoms with van der Waals surface area (Å²) in [6.07, 6.45) is 1.78. The van der Waals surface area contributed by atoms with Crippen LogP contribution in [0.5, 0.6) is 5.75 Å². The number of aliphatic carboxylic acids is 1. The molecule has 0 aromatic heterocycles. The van der Waals surface area contributed by atoms with Gasteiger partial charge in [-0.05, 0) is 37.1 Å². The number of phenolic OH excluding ortho intramolecular Hbond substituents is 1. The van der Waals surface area contributed by atoms with Crippen LogP contribution in [0.1, 0.15) is 24.8 Å². The molecular weight excluding hydrogens is 482 g/mol. The van der Waals surface area contributed by atoms with Crippen LogP contribution in [-0.4, -0.2) is 76.1 Å². The van der Waals surface area contributed by atoms with Crippen molar-refractivity contribution in [1.29, 1.82) is 0 Å². The Bertz CT molecular complexity index is 826. The van der Waals surface area contributed by atoms with Crippen LogP contribution in [0.25, 0.3) is 0 Å². The van der Waals surface area contributed by atoms with Crippen molar-refractivity contribution < 1.29 is 29.4 Å². The Hall–Kier alpha value is -2.48. The Labute approximate surface area is 209 Å². The van der Waals surface area contributed by atoms with Crippen molar-refractivity contribution in [2.75, 3.05) is 18.1 Å². The van der Waals surface area contributed by atoms with E-state index in [0.717, 1.165) is 6.42 Å². The predicted molar refractivity (Wildman–Crippen MR) is 134 cm³/mol. The maximum atomic E-state index is 12.9. The molecule has 0 aliphatic heterocycles. The SMILES string of the molecule is NCCCCC(N)C(=O)NC(CS)C(=O)NC(Cc1ccc(O)cc1)C(=O)NC(CS)C(=O)O. The number of aromatic hydroxyl groups is 1. The molecule has 0 spiro atoms. The molecule has 3 amide bonds. The van der Waals surface area contributed by atoms with Gasteiger partial charge in [0.2, 0.25) is 17.7 Å². The molecule has 0 aliphatic carbocycles. The number of phenols is 1. The molecular formula is C21H33N5O6S2. The van der Waals surface area contributed by atoms with Gasteiger partial charge >= 0.3 is 5.97 Å². The van der Waals surface area contributed by atoms with Gasteiger partial charge in [-0.15, -0.1) is 0 Å². The van der Waals surface area contributed by atoms with E-state index < -0.39 is 47.9 Å². The fraction of sp³-hybridized carbons (Fsp3) is 0.524. The molecule has 1 rings (SSSR count). The Kier molecular flexibility index (Phi) is 13.4. The minimum Gasteiger partial charge on any atom is -0.508 e. The summed E-state index contributed by atoms with van der Waals surface area (Å²) in [6, 6.07) is 1.63. The van der Waals surface area contributed by atoms with E-state index in [9.17, 15) is 29.4 Å². The number of carboxylic acid groups (broad SMARTS) is 1. The first-order chi connectivity index (χ1) is 16.1. The summed E-state index contributed by atoms with van der Waals surface area (Å²) in [5, 5.41) is 26.1. The van der Waals surface area contributed by atoms with Crippen molar-refractivity contribution in [3.8, 4) is 5.75 Å². The van der Waals surface area contributed by atoms with Crippen molar-refractivity contribution in [3.05, 3.63) is 29.8 Å². The second-order valence-corrected chi connectivity index (χ2v) is 8.38. The Morgan fingerprint density at radius 1 is 0.853 bits per heavy atom. The third-order valence-corrected chi connectivity index (χ3v) is 5.66. The van der Waals surface area contributed by atoms with E-state index in [2.05, 4.69) is 41.2 Å². The Morgan fingerprint density at radius 3 is 1.91 bits per heavy atom. The van der Waals surface area contributed by atoms with Crippen LogP contribution in [-0.2, 0) is 25.6 Å². The topological polar surface area (TPSA) is 197 Å². The summed E-state index contributed by atoms with van der Waals surface area (Å²) < 4.78 is 0. The van der Waals surface area contributed by atoms with Gasteiger partial charge in [-0.3, -0.25) is 14.4 Å². The number of carbonyl (C=O) groups is 4. The summed E-state index contributed by atoms with van der Waals surface area (Å²) in [6.45, 7) is 0.483. The van der Waals surface area contributed by atoms with Gasteiger partial charge in [0, 0.05) is 17.9 Å². The monoisotopic (exact) mass is 515 g/mol. The van der Waals surface area contributed by atoms with E-state index >= 15 is 0 Å². The summed E-state index contributed by atoms with van der Waals surface area (Å²) in [4.78, 5) is 49.3. The van der Waals surface area contributed by atoms with Gasteiger partial charge in [-0.2, -0.15) is 25.3 Å². The maximum absolute atomic E-state index is 12.9. The van der Waals surface area contributed by atoms with Crippen LogP contribution in [0, 0.1) is 0 Å². The molecule has 4 atom stereocenters. The highest BCUT2D eigenvalue weighted by molar-refractivity contribution is 7.80. The quantitative estimate of drug-likeness (QED) is 0.102. The molecule has 0 saturated carbocycles. The lowest BCUT2D eigenvalue weighted by atomic mass is 10.0. The molecule has 190 valence electrons. The Balaban J connectivity index is 2.94. The molecule has 34 heavy (non-hydrogen) atoms. The number of thiol groups is 2. The van der Waals surface area contributed by atoms with Crippen molar-refractivity contribution in [2.24, 2.45) is 11.5 Å². The standard InChI is InChI=1S/C21H33N5O6S2/c22-8-2-1-3-14(23)18(28)25-16(10-33)20(30)24-15(9-12-4-6-13(27)7-5-12)19(29)26-17(11-34)21(31)32/h4-7,14-17,27,33-34H,1-3,8-11,22-23H2,(H,24,30)(H,25,28)(H,26,29)(H,31,32). The second kappa shape index (κ2) is 15.4. The van der Waals surface area contributed by atoms with Gasteiger partial charge in [0.1, 0.15) is 23.9 Å². The first-order valence-electron chi connectivity index (χ1n) is 10.7. The minimum absolute atomic E-state index is 0.00258. The number of nitrogens with one attached hydrogen (secondary N) is 3. The molecule has 0 radical (unpaired) electrons. The second-order valence-electron chi connectivity index (χ2n) is 7.65.